The molecule has 1 heterocycles. The Morgan fingerprint density at radius 3 is 2.16 bits per heavy atom. The SMILES string of the molecule is COc1ccc(-n2c(C)cc(/C=C(\C#N)C(=O)Nc3ccc(NC(N)=O)cc3)c2C)cc1. The highest BCUT2D eigenvalue weighted by atomic mass is 16.5. The van der Waals surface area contributed by atoms with Gasteiger partial charge in [-0.25, -0.2) is 4.79 Å². The van der Waals surface area contributed by atoms with Gasteiger partial charge < -0.3 is 25.7 Å². The maximum absolute atomic E-state index is 12.6. The van der Waals surface area contributed by atoms with Crippen LogP contribution in [0.2, 0.25) is 0 Å². The average molecular weight is 429 g/mol. The highest BCUT2D eigenvalue weighted by Crippen LogP contribution is 2.24. The fourth-order valence-corrected chi connectivity index (χ4v) is 3.34. The smallest absolute Gasteiger partial charge is 0.316 e. The number of nitriles is 1. The van der Waals surface area contributed by atoms with Crippen molar-refractivity contribution in [2.24, 2.45) is 5.73 Å². The molecular weight excluding hydrogens is 406 g/mol. The molecule has 0 unspecified atom stereocenters. The van der Waals surface area contributed by atoms with E-state index in [1.165, 1.54) is 0 Å². The van der Waals surface area contributed by atoms with Crippen LogP contribution in [-0.2, 0) is 4.79 Å². The van der Waals surface area contributed by atoms with Crippen molar-refractivity contribution in [1.82, 2.24) is 4.57 Å². The first-order valence-corrected chi connectivity index (χ1v) is 9.75. The lowest BCUT2D eigenvalue weighted by molar-refractivity contribution is -0.112. The molecule has 0 aliphatic rings. The minimum absolute atomic E-state index is 0.0284. The van der Waals surface area contributed by atoms with Crippen LogP contribution in [-0.4, -0.2) is 23.6 Å². The van der Waals surface area contributed by atoms with E-state index in [1.54, 1.807) is 37.5 Å². The van der Waals surface area contributed by atoms with Gasteiger partial charge in [0.2, 0.25) is 0 Å². The van der Waals surface area contributed by atoms with Crippen LogP contribution in [0.15, 0.2) is 60.2 Å². The third kappa shape index (κ3) is 4.96. The molecule has 0 aliphatic heterocycles. The molecule has 0 saturated heterocycles. The van der Waals surface area contributed by atoms with Crippen molar-refractivity contribution in [3.63, 3.8) is 0 Å². The lowest BCUT2D eigenvalue weighted by Gasteiger charge is -2.10. The largest absolute Gasteiger partial charge is 0.497 e. The molecule has 8 nitrogen and oxygen atoms in total. The number of ether oxygens (including phenoxy) is 1. The number of carbonyl (C=O) groups excluding carboxylic acids is 2. The van der Waals surface area contributed by atoms with Gasteiger partial charge in [0.15, 0.2) is 0 Å². The maximum atomic E-state index is 12.6. The Morgan fingerprint density at radius 2 is 1.62 bits per heavy atom. The summed E-state index contributed by atoms with van der Waals surface area (Å²) in [6.45, 7) is 3.89. The van der Waals surface area contributed by atoms with Gasteiger partial charge in [0.1, 0.15) is 17.4 Å². The van der Waals surface area contributed by atoms with Crippen molar-refractivity contribution in [2.45, 2.75) is 13.8 Å². The summed E-state index contributed by atoms with van der Waals surface area (Å²) < 4.78 is 7.26. The summed E-state index contributed by atoms with van der Waals surface area (Å²) >= 11 is 0. The number of primary amides is 1. The number of urea groups is 1. The molecule has 3 rings (SSSR count). The predicted molar refractivity (Wildman–Crippen MR) is 124 cm³/mol. The third-order valence-corrected chi connectivity index (χ3v) is 4.88. The summed E-state index contributed by atoms with van der Waals surface area (Å²) in [5.74, 6) is 0.232. The monoisotopic (exact) mass is 429 g/mol. The lowest BCUT2D eigenvalue weighted by Crippen LogP contribution is -2.19. The number of aromatic nitrogens is 1. The molecule has 0 radical (unpaired) electrons. The van der Waals surface area contributed by atoms with E-state index < -0.39 is 11.9 Å². The van der Waals surface area contributed by atoms with Gasteiger partial charge in [-0.3, -0.25) is 4.79 Å². The molecule has 3 amide bonds. The zero-order chi connectivity index (χ0) is 23.3. The van der Waals surface area contributed by atoms with Crippen LogP contribution >= 0.6 is 0 Å². The van der Waals surface area contributed by atoms with Crippen molar-refractivity contribution in [3.8, 4) is 17.5 Å². The van der Waals surface area contributed by atoms with E-state index in [9.17, 15) is 14.9 Å². The lowest BCUT2D eigenvalue weighted by atomic mass is 10.1. The molecule has 0 saturated carbocycles. The highest BCUT2D eigenvalue weighted by Gasteiger charge is 2.14. The molecule has 0 fully saturated rings. The Hall–Kier alpha value is -4.51. The summed E-state index contributed by atoms with van der Waals surface area (Å²) in [6, 6.07) is 17.3. The van der Waals surface area contributed by atoms with Crippen LogP contribution < -0.4 is 21.1 Å². The summed E-state index contributed by atoms with van der Waals surface area (Å²) in [6.07, 6.45) is 1.57. The number of carbonyl (C=O) groups is 2. The van der Waals surface area contributed by atoms with Gasteiger partial charge in [-0.05, 0) is 80.1 Å². The molecule has 8 heteroatoms. The first-order valence-electron chi connectivity index (χ1n) is 9.75. The van der Waals surface area contributed by atoms with E-state index in [0.29, 0.717) is 11.4 Å². The van der Waals surface area contributed by atoms with Gasteiger partial charge in [-0.1, -0.05) is 0 Å². The number of rotatable bonds is 6. The van der Waals surface area contributed by atoms with Crippen molar-refractivity contribution in [3.05, 3.63) is 77.1 Å². The van der Waals surface area contributed by atoms with E-state index in [-0.39, 0.29) is 5.57 Å². The molecule has 0 bridgehead atoms. The first kappa shape index (κ1) is 22.2. The van der Waals surface area contributed by atoms with Crippen molar-refractivity contribution in [2.75, 3.05) is 17.7 Å². The Kier molecular flexibility index (Phi) is 6.61. The Morgan fingerprint density at radius 1 is 1.03 bits per heavy atom. The highest BCUT2D eigenvalue weighted by molar-refractivity contribution is 6.09. The van der Waals surface area contributed by atoms with Crippen LogP contribution in [0.4, 0.5) is 16.2 Å². The van der Waals surface area contributed by atoms with Gasteiger partial charge in [0.05, 0.1) is 7.11 Å². The van der Waals surface area contributed by atoms with E-state index in [2.05, 4.69) is 10.6 Å². The second-order valence-electron chi connectivity index (χ2n) is 7.05. The number of nitrogens with one attached hydrogen (secondary N) is 2. The number of anilines is 2. The fraction of sp³-hybridized carbons (Fsp3) is 0.125. The summed E-state index contributed by atoms with van der Waals surface area (Å²) in [5, 5.41) is 14.7. The van der Waals surface area contributed by atoms with E-state index >= 15 is 0 Å². The molecule has 4 N–H and O–H groups in total. The van der Waals surface area contributed by atoms with Crippen LogP contribution in [0.1, 0.15) is 17.0 Å². The van der Waals surface area contributed by atoms with Gasteiger partial charge in [0, 0.05) is 28.5 Å². The second kappa shape index (κ2) is 9.53. The second-order valence-corrected chi connectivity index (χ2v) is 7.05. The predicted octanol–water partition coefficient (Wildman–Crippen LogP) is 4.14. The molecule has 32 heavy (non-hydrogen) atoms. The van der Waals surface area contributed by atoms with E-state index in [1.807, 2.05) is 54.8 Å². The molecule has 0 atom stereocenters. The topological polar surface area (TPSA) is 122 Å². The fourth-order valence-electron chi connectivity index (χ4n) is 3.34. The molecule has 0 spiro atoms. The quantitative estimate of drug-likeness (QED) is 0.403. The maximum Gasteiger partial charge on any atom is 0.316 e. The number of hydrogen-bond donors (Lipinski definition) is 3. The number of hydrogen-bond acceptors (Lipinski definition) is 4. The number of methoxy groups -OCH3 is 1. The van der Waals surface area contributed by atoms with Gasteiger partial charge >= 0.3 is 6.03 Å². The standard InChI is InChI=1S/C24H23N5O3/c1-15-12-17(16(2)29(15)21-8-10-22(32-3)11-9-21)13-18(14-25)23(30)27-19-4-6-20(7-5-19)28-24(26)31/h4-13H,1-3H3,(H,27,30)(H3,26,28,31)/b18-13+. The van der Waals surface area contributed by atoms with Gasteiger partial charge in [0.25, 0.3) is 5.91 Å². The van der Waals surface area contributed by atoms with E-state index in [0.717, 1.165) is 28.4 Å². The number of nitrogens with zero attached hydrogens (tertiary/aromatic N) is 2. The minimum Gasteiger partial charge on any atom is -0.497 e. The van der Waals surface area contributed by atoms with Gasteiger partial charge in [-0.15, -0.1) is 0 Å². The van der Waals surface area contributed by atoms with Crippen molar-refractivity contribution in [1.29, 1.82) is 5.26 Å². The molecular formula is C24H23N5O3. The molecule has 162 valence electrons. The van der Waals surface area contributed by atoms with Gasteiger partial charge in [-0.2, -0.15) is 5.26 Å². The first-order chi connectivity index (χ1) is 15.3. The zero-order valence-electron chi connectivity index (χ0n) is 18.0. The Labute approximate surface area is 185 Å². The molecule has 1 aromatic heterocycles. The summed E-state index contributed by atoms with van der Waals surface area (Å²) in [4.78, 5) is 23.5. The number of benzene rings is 2. The number of nitrogens with two attached hydrogens (primary N) is 1. The Balaban J connectivity index is 1.83. The van der Waals surface area contributed by atoms with Crippen LogP contribution in [0.25, 0.3) is 11.8 Å². The zero-order valence-corrected chi connectivity index (χ0v) is 18.0. The summed E-state index contributed by atoms with van der Waals surface area (Å²) in [5.41, 5.74) is 9.62. The average Bonchev–Trinajstić information content (AvgIpc) is 3.05. The van der Waals surface area contributed by atoms with Crippen LogP contribution in [0.3, 0.4) is 0 Å². The molecule has 0 aliphatic carbocycles. The van der Waals surface area contributed by atoms with Crippen LogP contribution in [0.5, 0.6) is 5.75 Å². The van der Waals surface area contributed by atoms with Crippen molar-refractivity contribution < 1.29 is 14.3 Å². The third-order valence-electron chi connectivity index (χ3n) is 4.88. The Bertz CT molecular complexity index is 1220. The van der Waals surface area contributed by atoms with E-state index in [4.69, 9.17) is 10.5 Å². The normalized spacial score (nSPS) is 10.9. The summed E-state index contributed by atoms with van der Waals surface area (Å²) in [7, 11) is 1.62. The minimum atomic E-state index is -0.677. The number of amides is 3. The van der Waals surface area contributed by atoms with Crippen molar-refractivity contribution >= 4 is 29.4 Å². The van der Waals surface area contributed by atoms with Crippen LogP contribution in [0, 0.1) is 25.2 Å². The number of aryl methyl sites for hydroxylation is 1. The molecule has 2 aromatic carbocycles. The molecule has 3 aromatic rings.